The number of hydrogen-bond donors (Lipinski definition) is 1. The Bertz CT molecular complexity index is 471. The number of carbonyl (C=O) groups is 1. The van der Waals surface area contributed by atoms with E-state index in [9.17, 15) is 4.79 Å². The van der Waals surface area contributed by atoms with E-state index in [-0.39, 0.29) is 6.09 Å². The van der Waals surface area contributed by atoms with Crippen LogP contribution in [0.5, 0.6) is 0 Å². The fourth-order valence-electron chi connectivity index (χ4n) is 2.56. The maximum Gasteiger partial charge on any atom is 0.410 e. The van der Waals surface area contributed by atoms with E-state index in [1.54, 1.807) is 0 Å². The zero-order valence-corrected chi connectivity index (χ0v) is 13.8. The van der Waals surface area contributed by atoms with Crippen LogP contribution in [0, 0.1) is 0 Å². The molecule has 1 aliphatic heterocycles. The maximum atomic E-state index is 12.1. The zero-order chi connectivity index (χ0) is 16.0. The molecular formula is C17H27N3O2. The maximum absolute atomic E-state index is 12.1. The van der Waals surface area contributed by atoms with Gasteiger partial charge in [-0.3, -0.25) is 4.98 Å². The molecule has 0 unspecified atom stereocenters. The molecule has 1 N–H and O–H groups in total. The molecule has 0 radical (unpaired) electrons. The minimum Gasteiger partial charge on any atom is -0.444 e. The molecule has 0 saturated carbocycles. The normalized spacial score (nSPS) is 19.6. The topological polar surface area (TPSA) is 54.5 Å². The number of ether oxygens (including phenoxy) is 1. The average molecular weight is 305 g/mol. The van der Waals surface area contributed by atoms with Crippen molar-refractivity contribution in [3.05, 3.63) is 30.1 Å². The zero-order valence-electron chi connectivity index (χ0n) is 13.8. The van der Waals surface area contributed by atoms with E-state index < -0.39 is 5.60 Å². The number of pyridine rings is 1. The average Bonchev–Trinajstić information content (AvgIpc) is 2.70. The summed E-state index contributed by atoms with van der Waals surface area (Å²) in [5, 5.41) is 3.54. The van der Waals surface area contributed by atoms with Crippen molar-refractivity contribution in [3.8, 4) is 0 Å². The third-order valence-corrected chi connectivity index (χ3v) is 3.68. The lowest BCUT2D eigenvalue weighted by Gasteiger charge is -2.26. The molecule has 5 nitrogen and oxygen atoms in total. The molecule has 2 heterocycles. The lowest BCUT2D eigenvalue weighted by molar-refractivity contribution is 0.0256. The van der Waals surface area contributed by atoms with Crippen LogP contribution in [0.1, 0.15) is 45.7 Å². The first-order chi connectivity index (χ1) is 10.4. The predicted molar refractivity (Wildman–Crippen MR) is 86.5 cm³/mol. The van der Waals surface area contributed by atoms with E-state index in [1.807, 2.05) is 50.1 Å². The van der Waals surface area contributed by atoms with Crippen LogP contribution in [0.2, 0.25) is 0 Å². The molecule has 0 spiro atoms. The van der Waals surface area contributed by atoms with Crippen LogP contribution in [0.15, 0.2) is 24.4 Å². The molecule has 0 aromatic carbocycles. The number of carbonyl (C=O) groups excluding carboxylic acids is 1. The fraction of sp³-hybridized carbons (Fsp3) is 0.647. The summed E-state index contributed by atoms with van der Waals surface area (Å²) < 4.78 is 5.45. The molecule has 1 amide bonds. The van der Waals surface area contributed by atoms with E-state index in [0.717, 1.165) is 44.6 Å². The van der Waals surface area contributed by atoms with Gasteiger partial charge in [0.25, 0.3) is 0 Å². The van der Waals surface area contributed by atoms with Gasteiger partial charge < -0.3 is 15.0 Å². The van der Waals surface area contributed by atoms with Crippen molar-refractivity contribution in [3.63, 3.8) is 0 Å². The van der Waals surface area contributed by atoms with Crippen molar-refractivity contribution in [1.82, 2.24) is 15.2 Å². The van der Waals surface area contributed by atoms with Gasteiger partial charge in [-0.05, 0) is 52.2 Å². The lowest BCUT2D eigenvalue weighted by Crippen LogP contribution is -2.38. The van der Waals surface area contributed by atoms with Gasteiger partial charge in [0.2, 0.25) is 0 Å². The van der Waals surface area contributed by atoms with E-state index >= 15 is 0 Å². The molecule has 1 atom stereocenters. The Kier molecular flexibility index (Phi) is 5.77. The van der Waals surface area contributed by atoms with E-state index in [4.69, 9.17) is 4.74 Å². The summed E-state index contributed by atoms with van der Waals surface area (Å²) in [4.78, 5) is 18.3. The third kappa shape index (κ3) is 5.64. The Morgan fingerprint density at radius 1 is 1.36 bits per heavy atom. The van der Waals surface area contributed by atoms with Crippen LogP contribution in [0.25, 0.3) is 0 Å². The smallest absolute Gasteiger partial charge is 0.410 e. The highest BCUT2D eigenvalue weighted by molar-refractivity contribution is 5.68. The summed E-state index contributed by atoms with van der Waals surface area (Å²) in [5.74, 6) is 0. The largest absolute Gasteiger partial charge is 0.444 e. The number of amides is 1. The molecule has 1 aromatic heterocycles. The van der Waals surface area contributed by atoms with Crippen LogP contribution in [-0.4, -0.2) is 40.7 Å². The molecule has 1 aromatic rings. The van der Waals surface area contributed by atoms with Gasteiger partial charge in [-0.15, -0.1) is 0 Å². The number of hydrogen-bond acceptors (Lipinski definition) is 4. The second-order valence-corrected chi connectivity index (χ2v) is 6.80. The van der Waals surface area contributed by atoms with Crippen molar-refractivity contribution < 1.29 is 9.53 Å². The van der Waals surface area contributed by atoms with E-state index in [1.165, 1.54) is 0 Å². The van der Waals surface area contributed by atoms with Crippen molar-refractivity contribution in [2.75, 3.05) is 13.1 Å². The molecule has 0 aliphatic carbocycles. The minimum absolute atomic E-state index is 0.196. The SMILES string of the molecule is CC(C)(C)OC(=O)N1CCC[C@H](NCc2ccccn2)CC1. The standard InChI is InChI=1S/C17H27N3O2/c1-17(2,3)22-16(21)20-11-6-8-14(9-12-20)19-13-15-7-4-5-10-18-15/h4-5,7,10,14,19H,6,8-9,11-13H2,1-3H3/t14-/m0/s1. The Balaban J connectivity index is 1.78. The Labute approximate surface area is 133 Å². The second kappa shape index (κ2) is 7.58. The molecule has 122 valence electrons. The molecule has 1 aliphatic rings. The summed E-state index contributed by atoms with van der Waals surface area (Å²) in [6.45, 7) is 8.00. The molecule has 1 saturated heterocycles. The first-order valence-corrected chi connectivity index (χ1v) is 8.05. The van der Waals surface area contributed by atoms with E-state index in [0.29, 0.717) is 6.04 Å². The number of likely N-dealkylation sites (tertiary alicyclic amines) is 1. The van der Waals surface area contributed by atoms with Crippen molar-refractivity contribution in [1.29, 1.82) is 0 Å². The van der Waals surface area contributed by atoms with Gasteiger partial charge in [0.1, 0.15) is 5.60 Å². The van der Waals surface area contributed by atoms with Crippen LogP contribution < -0.4 is 5.32 Å². The highest BCUT2D eigenvalue weighted by atomic mass is 16.6. The van der Waals surface area contributed by atoms with Gasteiger partial charge in [-0.1, -0.05) is 6.07 Å². The molecule has 1 fully saturated rings. The quantitative estimate of drug-likeness (QED) is 0.933. The molecule has 22 heavy (non-hydrogen) atoms. The van der Waals surface area contributed by atoms with E-state index in [2.05, 4.69) is 10.3 Å². The summed E-state index contributed by atoms with van der Waals surface area (Å²) in [5.41, 5.74) is 0.621. The van der Waals surface area contributed by atoms with Gasteiger partial charge >= 0.3 is 6.09 Å². The first-order valence-electron chi connectivity index (χ1n) is 8.05. The monoisotopic (exact) mass is 305 g/mol. The second-order valence-electron chi connectivity index (χ2n) is 6.80. The predicted octanol–water partition coefficient (Wildman–Crippen LogP) is 2.96. The lowest BCUT2D eigenvalue weighted by atomic mass is 10.1. The first kappa shape index (κ1) is 16.7. The van der Waals surface area contributed by atoms with Gasteiger partial charge in [0.05, 0.1) is 5.69 Å². The summed E-state index contributed by atoms with van der Waals surface area (Å²) >= 11 is 0. The number of nitrogens with one attached hydrogen (secondary N) is 1. The summed E-state index contributed by atoms with van der Waals surface area (Å²) in [6, 6.07) is 6.38. The number of aromatic nitrogens is 1. The Morgan fingerprint density at radius 2 is 2.18 bits per heavy atom. The fourth-order valence-corrected chi connectivity index (χ4v) is 2.56. The highest BCUT2D eigenvalue weighted by Crippen LogP contribution is 2.15. The van der Waals surface area contributed by atoms with Gasteiger partial charge in [0, 0.05) is 31.9 Å². The van der Waals surface area contributed by atoms with Crippen LogP contribution in [0.4, 0.5) is 4.79 Å². The van der Waals surface area contributed by atoms with Crippen molar-refractivity contribution in [2.45, 2.75) is 58.2 Å². The molecule has 0 bridgehead atoms. The van der Waals surface area contributed by atoms with Gasteiger partial charge in [0.15, 0.2) is 0 Å². The van der Waals surface area contributed by atoms with Crippen LogP contribution in [-0.2, 0) is 11.3 Å². The number of nitrogens with zero attached hydrogens (tertiary/aromatic N) is 2. The minimum atomic E-state index is -0.431. The van der Waals surface area contributed by atoms with Crippen molar-refractivity contribution >= 4 is 6.09 Å². The van der Waals surface area contributed by atoms with Crippen LogP contribution >= 0.6 is 0 Å². The number of rotatable bonds is 3. The summed E-state index contributed by atoms with van der Waals surface area (Å²) in [6.07, 6.45) is 4.64. The molecule has 2 rings (SSSR count). The molecular weight excluding hydrogens is 278 g/mol. The van der Waals surface area contributed by atoms with Crippen molar-refractivity contribution in [2.24, 2.45) is 0 Å². The van der Waals surface area contributed by atoms with Crippen LogP contribution in [0.3, 0.4) is 0 Å². The Hall–Kier alpha value is -1.62. The molecule has 5 heteroatoms. The highest BCUT2D eigenvalue weighted by Gasteiger charge is 2.24. The third-order valence-electron chi connectivity index (χ3n) is 3.68. The summed E-state index contributed by atoms with van der Waals surface area (Å²) in [7, 11) is 0. The Morgan fingerprint density at radius 3 is 2.86 bits per heavy atom. The van der Waals surface area contributed by atoms with Gasteiger partial charge in [-0.2, -0.15) is 0 Å². The van der Waals surface area contributed by atoms with Gasteiger partial charge in [-0.25, -0.2) is 4.79 Å².